The first-order valence-electron chi connectivity index (χ1n) is 7.98. The molecule has 0 radical (unpaired) electrons. The second-order valence-electron chi connectivity index (χ2n) is 6.06. The van der Waals surface area contributed by atoms with Crippen molar-refractivity contribution >= 4 is 11.3 Å². The Labute approximate surface area is 144 Å². The molecule has 24 heavy (non-hydrogen) atoms. The van der Waals surface area contributed by atoms with Gasteiger partial charge in [-0.25, -0.2) is 4.98 Å². The fourth-order valence-electron chi connectivity index (χ4n) is 2.77. The van der Waals surface area contributed by atoms with Crippen molar-refractivity contribution in [2.45, 2.75) is 13.0 Å². The third-order valence-electron chi connectivity index (χ3n) is 4.27. The van der Waals surface area contributed by atoms with Crippen LogP contribution in [0.25, 0.3) is 22.2 Å². The molecule has 1 fully saturated rings. The van der Waals surface area contributed by atoms with Gasteiger partial charge in [-0.3, -0.25) is 4.90 Å². The van der Waals surface area contributed by atoms with Crippen LogP contribution in [0.1, 0.15) is 17.4 Å². The molecule has 0 aliphatic carbocycles. The van der Waals surface area contributed by atoms with Crippen LogP contribution in [0.5, 0.6) is 0 Å². The van der Waals surface area contributed by atoms with Crippen LogP contribution < -0.4 is 5.32 Å². The fraction of sp³-hybridized carbons (Fsp3) is 0.353. The van der Waals surface area contributed by atoms with E-state index in [0.29, 0.717) is 11.7 Å². The van der Waals surface area contributed by atoms with Crippen molar-refractivity contribution in [3.8, 4) is 22.2 Å². The van der Waals surface area contributed by atoms with Gasteiger partial charge in [0, 0.05) is 30.6 Å². The number of likely N-dealkylation sites (N-methyl/N-ethyl adjacent to an activating group) is 1. The largest absolute Gasteiger partial charge is 0.332 e. The molecule has 2 aromatic heterocycles. The number of hydrogen-bond donors (Lipinski definition) is 1. The van der Waals surface area contributed by atoms with E-state index in [1.165, 1.54) is 5.56 Å². The van der Waals surface area contributed by atoms with Crippen LogP contribution >= 0.6 is 11.3 Å². The van der Waals surface area contributed by atoms with Gasteiger partial charge in [0.15, 0.2) is 5.82 Å². The summed E-state index contributed by atoms with van der Waals surface area (Å²) >= 11 is 1.59. The molecule has 124 valence electrons. The Hall–Kier alpha value is -2.09. The summed E-state index contributed by atoms with van der Waals surface area (Å²) in [6, 6.07) is 8.49. The van der Waals surface area contributed by atoms with E-state index in [1.807, 2.05) is 5.38 Å². The smallest absolute Gasteiger partial charge is 0.277 e. The maximum Gasteiger partial charge on any atom is 0.277 e. The number of nitrogens with one attached hydrogen (secondary N) is 1. The average Bonchev–Trinajstić information content (AvgIpc) is 3.25. The molecule has 0 saturated carbocycles. The van der Waals surface area contributed by atoms with Crippen LogP contribution in [0, 0.1) is 6.92 Å². The normalized spacial score (nSPS) is 18.8. The minimum absolute atomic E-state index is 0.145. The Balaban J connectivity index is 1.58. The van der Waals surface area contributed by atoms with Crippen molar-refractivity contribution in [3.63, 3.8) is 0 Å². The third kappa shape index (κ3) is 2.98. The van der Waals surface area contributed by atoms with Crippen LogP contribution in [-0.4, -0.2) is 46.7 Å². The lowest BCUT2D eigenvalue weighted by molar-refractivity contribution is 0.190. The molecule has 1 saturated heterocycles. The number of rotatable bonds is 3. The predicted octanol–water partition coefficient (Wildman–Crippen LogP) is 2.74. The molecule has 1 aliphatic rings. The Bertz CT molecular complexity index is 826. The van der Waals surface area contributed by atoms with Crippen molar-refractivity contribution in [1.82, 2.24) is 25.3 Å². The Morgan fingerprint density at radius 2 is 2.08 bits per heavy atom. The molecule has 4 rings (SSSR count). The van der Waals surface area contributed by atoms with Crippen molar-refractivity contribution in [1.29, 1.82) is 0 Å². The number of thiazole rings is 1. The molecule has 1 aromatic carbocycles. The maximum atomic E-state index is 5.45. The molecule has 1 atom stereocenters. The van der Waals surface area contributed by atoms with Crippen molar-refractivity contribution in [3.05, 3.63) is 41.0 Å². The van der Waals surface area contributed by atoms with Gasteiger partial charge in [0.25, 0.3) is 5.89 Å². The van der Waals surface area contributed by atoms with E-state index in [4.69, 9.17) is 4.52 Å². The number of piperazine rings is 1. The quantitative estimate of drug-likeness (QED) is 0.790. The third-order valence-corrected chi connectivity index (χ3v) is 5.16. The fourth-order valence-corrected chi connectivity index (χ4v) is 3.57. The summed E-state index contributed by atoms with van der Waals surface area (Å²) < 4.78 is 5.45. The minimum atomic E-state index is 0.145. The highest BCUT2D eigenvalue weighted by Crippen LogP contribution is 2.29. The SMILES string of the molecule is Cc1ccc(-c2nc(-c3nc(C4CNCCN4C)no3)cs2)cc1. The summed E-state index contributed by atoms with van der Waals surface area (Å²) in [4.78, 5) is 11.5. The molecule has 1 aliphatic heterocycles. The maximum absolute atomic E-state index is 5.45. The summed E-state index contributed by atoms with van der Waals surface area (Å²) in [5.41, 5.74) is 3.08. The van der Waals surface area contributed by atoms with Crippen molar-refractivity contribution < 1.29 is 4.52 Å². The molecule has 3 heterocycles. The lowest BCUT2D eigenvalue weighted by atomic mass is 10.2. The summed E-state index contributed by atoms with van der Waals surface area (Å²) in [6.07, 6.45) is 0. The molecule has 6 nitrogen and oxygen atoms in total. The van der Waals surface area contributed by atoms with Crippen LogP contribution in [-0.2, 0) is 0 Å². The zero-order valence-corrected chi connectivity index (χ0v) is 14.5. The number of hydrogen-bond acceptors (Lipinski definition) is 7. The van der Waals surface area contributed by atoms with Gasteiger partial charge in [-0.1, -0.05) is 35.0 Å². The lowest BCUT2D eigenvalue weighted by Gasteiger charge is -2.30. The average molecular weight is 341 g/mol. The van der Waals surface area contributed by atoms with Gasteiger partial charge in [-0.15, -0.1) is 11.3 Å². The highest BCUT2D eigenvalue weighted by Gasteiger charge is 2.26. The first-order chi connectivity index (χ1) is 11.7. The molecular weight excluding hydrogens is 322 g/mol. The van der Waals surface area contributed by atoms with Crippen molar-refractivity contribution in [2.75, 3.05) is 26.7 Å². The Kier molecular flexibility index (Phi) is 4.13. The summed E-state index contributed by atoms with van der Waals surface area (Å²) in [5, 5.41) is 10.5. The zero-order chi connectivity index (χ0) is 16.5. The monoisotopic (exact) mass is 341 g/mol. The standard InChI is InChI=1S/C17H19N5OS/c1-11-3-5-12(6-4-11)17-19-13(10-24-17)16-20-15(21-23-16)14-9-18-7-8-22(14)2/h3-6,10,14,18H,7-9H2,1-2H3. The highest BCUT2D eigenvalue weighted by molar-refractivity contribution is 7.13. The second-order valence-corrected chi connectivity index (χ2v) is 6.92. The highest BCUT2D eigenvalue weighted by atomic mass is 32.1. The molecule has 0 spiro atoms. The summed E-state index contributed by atoms with van der Waals surface area (Å²) in [5.74, 6) is 1.20. The van der Waals surface area contributed by atoms with Gasteiger partial charge in [0.2, 0.25) is 0 Å². The topological polar surface area (TPSA) is 67.1 Å². The van der Waals surface area contributed by atoms with E-state index in [9.17, 15) is 0 Å². The number of benzene rings is 1. The van der Waals surface area contributed by atoms with E-state index in [-0.39, 0.29) is 6.04 Å². The van der Waals surface area contributed by atoms with E-state index in [1.54, 1.807) is 11.3 Å². The van der Waals surface area contributed by atoms with Gasteiger partial charge in [-0.05, 0) is 14.0 Å². The molecular formula is C17H19N5OS. The van der Waals surface area contributed by atoms with E-state index >= 15 is 0 Å². The second kappa shape index (κ2) is 6.43. The number of aryl methyl sites for hydroxylation is 1. The van der Waals surface area contributed by atoms with Crippen molar-refractivity contribution in [2.24, 2.45) is 0 Å². The van der Waals surface area contributed by atoms with Crippen LogP contribution in [0.3, 0.4) is 0 Å². The van der Waals surface area contributed by atoms with Gasteiger partial charge >= 0.3 is 0 Å². The van der Waals surface area contributed by atoms with Gasteiger partial charge in [0.05, 0.1) is 6.04 Å². The summed E-state index contributed by atoms with van der Waals surface area (Å²) in [6.45, 7) is 4.88. The van der Waals surface area contributed by atoms with Gasteiger partial charge in [0.1, 0.15) is 10.7 Å². The lowest BCUT2D eigenvalue weighted by Crippen LogP contribution is -2.44. The van der Waals surface area contributed by atoms with E-state index in [0.717, 1.165) is 35.9 Å². The first-order valence-corrected chi connectivity index (χ1v) is 8.86. The number of aromatic nitrogens is 3. The molecule has 0 amide bonds. The van der Waals surface area contributed by atoms with Crippen LogP contribution in [0.4, 0.5) is 0 Å². The molecule has 1 N–H and O–H groups in total. The van der Waals surface area contributed by atoms with Crippen LogP contribution in [0.15, 0.2) is 34.2 Å². The molecule has 1 unspecified atom stereocenters. The Morgan fingerprint density at radius 1 is 1.25 bits per heavy atom. The van der Waals surface area contributed by atoms with Gasteiger partial charge in [-0.2, -0.15) is 4.98 Å². The minimum Gasteiger partial charge on any atom is -0.332 e. The molecule has 0 bridgehead atoms. The summed E-state index contributed by atoms with van der Waals surface area (Å²) in [7, 11) is 2.08. The zero-order valence-electron chi connectivity index (χ0n) is 13.7. The molecule has 3 aromatic rings. The Morgan fingerprint density at radius 3 is 2.88 bits per heavy atom. The van der Waals surface area contributed by atoms with E-state index < -0.39 is 0 Å². The van der Waals surface area contributed by atoms with Gasteiger partial charge < -0.3 is 9.84 Å². The van der Waals surface area contributed by atoms with Crippen LogP contribution in [0.2, 0.25) is 0 Å². The predicted molar refractivity (Wildman–Crippen MR) is 93.8 cm³/mol. The molecule has 7 heteroatoms. The van der Waals surface area contributed by atoms with E-state index in [2.05, 4.69) is 63.6 Å². The number of nitrogens with zero attached hydrogens (tertiary/aromatic N) is 4. The first kappa shape index (κ1) is 15.4.